The van der Waals surface area contributed by atoms with Crippen LogP contribution in [0, 0.1) is 40.4 Å². The minimum absolute atomic E-state index is 0.0867. The first-order chi connectivity index (χ1) is 15.1. The van der Waals surface area contributed by atoms with Crippen LogP contribution in [0.2, 0.25) is 0 Å². The average Bonchev–Trinajstić information content (AvgIpc) is 3.06. The Morgan fingerprint density at radius 1 is 1.06 bits per heavy atom. The van der Waals surface area contributed by atoms with Crippen LogP contribution in [0.1, 0.15) is 78.1 Å². The Balaban J connectivity index is 1.44. The highest BCUT2D eigenvalue weighted by Gasteiger charge is 2.65. The Kier molecular flexibility index (Phi) is 6.97. The van der Waals surface area contributed by atoms with Gasteiger partial charge >= 0.3 is 5.97 Å². The lowest BCUT2D eigenvalue weighted by Crippen LogP contribution is -2.62. The van der Waals surface area contributed by atoms with Crippen LogP contribution in [-0.2, 0) is 4.79 Å². The maximum atomic E-state index is 11.5. The van der Waals surface area contributed by atoms with Gasteiger partial charge in [0, 0.05) is 0 Å². The summed E-state index contributed by atoms with van der Waals surface area (Å²) in [6, 6.07) is 0. The lowest BCUT2D eigenvalue weighted by molar-refractivity contribution is -0.204. The molecule has 0 heterocycles. The Bertz CT molecular complexity index is 689. The fraction of sp³-hybridized carbons (Fsp3) is 0.960. The van der Waals surface area contributed by atoms with Crippen molar-refractivity contribution in [1.82, 2.24) is 5.32 Å². The van der Waals surface area contributed by atoms with Crippen LogP contribution in [0.4, 0.5) is 0 Å². The van der Waals surface area contributed by atoms with Gasteiger partial charge in [-0.25, -0.2) is 0 Å². The third-order valence-corrected chi connectivity index (χ3v) is 10.5. The number of rotatable bonds is 7. The highest BCUT2D eigenvalue weighted by Crippen LogP contribution is 2.67. The van der Waals surface area contributed by atoms with Gasteiger partial charge in [0.15, 0.2) is 0 Å². The van der Waals surface area contributed by atoms with Crippen LogP contribution in [0.15, 0.2) is 0 Å². The molecule has 0 spiro atoms. The van der Waals surface area contributed by atoms with Crippen LogP contribution in [-0.4, -0.2) is 62.6 Å². The summed E-state index contributed by atoms with van der Waals surface area (Å²) in [5.41, 5.74) is -0.136. The van der Waals surface area contributed by atoms with Crippen molar-refractivity contribution in [2.75, 3.05) is 6.54 Å². The van der Waals surface area contributed by atoms with Crippen LogP contribution in [0.3, 0.4) is 0 Å². The standard InChI is InChI=1S/C25H43NO6/c1-24-9-8-16(27)10-15(24)11-19(28)23-17-7-6-14(25(17,2)20(29)12-18(23)24)4-3-5-21(30)26-13-22(31)32/h14-21,23,26-30H,3-13H2,1-2H3,(H,31,32)/t14-,15-,16+,17-,18-,19+,20-,21?,23-,24-,25+/m0/s1. The van der Waals surface area contributed by atoms with Gasteiger partial charge in [-0.1, -0.05) is 13.8 Å². The molecule has 4 fully saturated rings. The molecule has 1 unspecified atom stereocenters. The Labute approximate surface area is 191 Å². The number of hydrogen-bond acceptors (Lipinski definition) is 6. The molecule has 11 atom stereocenters. The van der Waals surface area contributed by atoms with Gasteiger partial charge in [0.05, 0.1) is 24.9 Å². The number of aliphatic hydroxyl groups excluding tert-OH is 4. The van der Waals surface area contributed by atoms with E-state index in [2.05, 4.69) is 19.2 Å². The third kappa shape index (κ3) is 4.13. The molecule has 4 saturated carbocycles. The molecule has 7 nitrogen and oxygen atoms in total. The molecular weight excluding hydrogens is 410 g/mol. The maximum absolute atomic E-state index is 11.5. The van der Waals surface area contributed by atoms with Crippen molar-refractivity contribution in [3.05, 3.63) is 0 Å². The normalized spacial score (nSPS) is 49.1. The topological polar surface area (TPSA) is 130 Å². The van der Waals surface area contributed by atoms with Crippen LogP contribution in [0.25, 0.3) is 0 Å². The molecule has 4 rings (SSSR count). The van der Waals surface area contributed by atoms with E-state index in [1.165, 1.54) is 0 Å². The van der Waals surface area contributed by atoms with Crippen molar-refractivity contribution in [3.8, 4) is 0 Å². The quantitative estimate of drug-likeness (QED) is 0.326. The van der Waals surface area contributed by atoms with E-state index in [1.807, 2.05) is 0 Å². The molecule has 0 saturated heterocycles. The van der Waals surface area contributed by atoms with Crippen molar-refractivity contribution in [2.45, 2.75) is 103 Å². The lowest BCUT2D eigenvalue weighted by atomic mass is 9.43. The summed E-state index contributed by atoms with van der Waals surface area (Å²) in [7, 11) is 0. The van der Waals surface area contributed by atoms with E-state index in [9.17, 15) is 25.2 Å². The molecule has 0 aromatic heterocycles. The van der Waals surface area contributed by atoms with Crippen molar-refractivity contribution in [3.63, 3.8) is 0 Å². The van der Waals surface area contributed by atoms with Gasteiger partial charge < -0.3 is 25.5 Å². The Morgan fingerprint density at radius 2 is 1.81 bits per heavy atom. The van der Waals surface area contributed by atoms with Crippen molar-refractivity contribution in [1.29, 1.82) is 0 Å². The molecule has 6 N–H and O–H groups in total. The molecule has 32 heavy (non-hydrogen) atoms. The maximum Gasteiger partial charge on any atom is 0.317 e. The lowest BCUT2D eigenvalue weighted by Gasteiger charge is -2.63. The second kappa shape index (κ2) is 9.14. The van der Waals surface area contributed by atoms with E-state index in [0.717, 1.165) is 57.8 Å². The van der Waals surface area contributed by atoms with Gasteiger partial charge in [-0.2, -0.15) is 0 Å². The molecule has 0 aromatic rings. The van der Waals surface area contributed by atoms with Gasteiger partial charge in [0.1, 0.15) is 6.23 Å². The van der Waals surface area contributed by atoms with Crippen LogP contribution in [0.5, 0.6) is 0 Å². The number of aliphatic hydroxyl groups is 4. The smallest absolute Gasteiger partial charge is 0.317 e. The zero-order valence-corrected chi connectivity index (χ0v) is 19.6. The first-order valence-electron chi connectivity index (χ1n) is 12.7. The number of fused-ring (bicyclic) bond motifs is 5. The summed E-state index contributed by atoms with van der Waals surface area (Å²) in [4.78, 5) is 10.7. The van der Waals surface area contributed by atoms with Gasteiger partial charge in [-0.3, -0.25) is 10.1 Å². The summed E-state index contributed by atoms with van der Waals surface area (Å²) in [5, 5.41) is 54.3. The summed E-state index contributed by atoms with van der Waals surface area (Å²) in [6.45, 7) is 4.32. The fourth-order valence-corrected chi connectivity index (χ4v) is 8.63. The molecule has 0 amide bonds. The number of aliphatic carboxylic acids is 1. The zero-order chi connectivity index (χ0) is 23.3. The van der Waals surface area contributed by atoms with E-state index in [-0.39, 0.29) is 35.5 Å². The minimum Gasteiger partial charge on any atom is -0.480 e. The Hall–Kier alpha value is -0.730. The predicted molar refractivity (Wildman–Crippen MR) is 119 cm³/mol. The highest BCUT2D eigenvalue weighted by atomic mass is 16.4. The number of carboxylic acids is 1. The van der Waals surface area contributed by atoms with Gasteiger partial charge in [0.25, 0.3) is 0 Å². The fourth-order valence-electron chi connectivity index (χ4n) is 8.63. The first-order valence-corrected chi connectivity index (χ1v) is 12.7. The second-order valence-electron chi connectivity index (χ2n) is 11.8. The summed E-state index contributed by atoms with van der Waals surface area (Å²) < 4.78 is 0. The molecule has 7 heteroatoms. The molecule has 0 aromatic carbocycles. The first kappa shape index (κ1) is 24.4. The van der Waals surface area contributed by atoms with Crippen LogP contribution < -0.4 is 5.32 Å². The Morgan fingerprint density at radius 3 is 2.53 bits per heavy atom. The van der Waals surface area contributed by atoms with Gasteiger partial charge in [-0.15, -0.1) is 0 Å². The zero-order valence-electron chi connectivity index (χ0n) is 19.6. The summed E-state index contributed by atoms with van der Waals surface area (Å²) >= 11 is 0. The molecule has 0 bridgehead atoms. The number of hydrogen-bond donors (Lipinski definition) is 6. The predicted octanol–water partition coefficient (Wildman–Crippen LogP) is 2.11. The van der Waals surface area contributed by atoms with E-state index in [4.69, 9.17) is 5.11 Å². The van der Waals surface area contributed by atoms with E-state index < -0.39 is 18.3 Å². The number of nitrogens with one attached hydrogen (secondary N) is 1. The number of carboxylic acid groups (broad SMARTS) is 1. The molecule has 0 radical (unpaired) electrons. The number of carbonyl (C=O) groups is 1. The minimum atomic E-state index is -0.982. The highest BCUT2D eigenvalue weighted by molar-refractivity contribution is 5.69. The third-order valence-electron chi connectivity index (χ3n) is 10.5. The van der Waals surface area contributed by atoms with Crippen molar-refractivity contribution in [2.24, 2.45) is 40.4 Å². The molecule has 184 valence electrons. The van der Waals surface area contributed by atoms with E-state index in [0.29, 0.717) is 30.1 Å². The van der Waals surface area contributed by atoms with E-state index >= 15 is 0 Å². The van der Waals surface area contributed by atoms with Crippen LogP contribution >= 0.6 is 0 Å². The summed E-state index contributed by atoms with van der Waals surface area (Å²) in [5.74, 6) is 0.517. The summed E-state index contributed by atoms with van der Waals surface area (Å²) in [6.07, 6.45) is 6.48. The van der Waals surface area contributed by atoms with Crippen molar-refractivity contribution < 1.29 is 30.3 Å². The molecule has 4 aliphatic rings. The molecule has 4 aliphatic carbocycles. The monoisotopic (exact) mass is 453 g/mol. The largest absolute Gasteiger partial charge is 0.480 e. The molecule has 0 aliphatic heterocycles. The van der Waals surface area contributed by atoms with Gasteiger partial charge in [-0.05, 0) is 105 Å². The van der Waals surface area contributed by atoms with E-state index in [1.54, 1.807) is 0 Å². The SMILES string of the molecule is C[C@]12CC[C@@H](O)C[C@H]1C[C@@H](O)[C@@H]1[C@@H]2C[C@H](O)[C@]2(C)[C@@H](CCCC(O)NCC(=O)O)CC[C@@H]12. The van der Waals surface area contributed by atoms with Crippen molar-refractivity contribution >= 4 is 5.97 Å². The molecular formula is C25H43NO6. The second-order valence-corrected chi connectivity index (χ2v) is 11.8. The van der Waals surface area contributed by atoms with Gasteiger partial charge in [0.2, 0.25) is 0 Å². The average molecular weight is 454 g/mol.